The van der Waals surface area contributed by atoms with Gasteiger partial charge in [0.05, 0.1) is 6.20 Å². The number of aryl methyl sites for hydroxylation is 4. The van der Waals surface area contributed by atoms with Crippen molar-refractivity contribution in [3.8, 4) is 0 Å². The van der Waals surface area contributed by atoms with Crippen LogP contribution in [0.5, 0.6) is 0 Å². The van der Waals surface area contributed by atoms with E-state index in [4.69, 9.17) is 0 Å². The zero-order valence-electron chi connectivity index (χ0n) is 17.3. The van der Waals surface area contributed by atoms with Gasteiger partial charge in [-0.3, -0.25) is 4.98 Å². The molecule has 0 aliphatic rings. The lowest BCUT2D eigenvalue weighted by atomic mass is 10.1. The quantitative estimate of drug-likeness (QED) is 0.337. The zero-order valence-corrected chi connectivity index (χ0v) is 17.3. The van der Waals surface area contributed by atoms with Gasteiger partial charge in [0.25, 0.3) is 0 Å². The van der Waals surface area contributed by atoms with Crippen molar-refractivity contribution in [1.82, 2.24) is 4.98 Å². The summed E-state index contributed by atoms with van der Waals surface area (Å²) >= 11 is 0. The fourth-order valence-electron chi connectivity index (χ4n) is 2.16. The first-order valence-corrected chi connectivity index (χ1v) is 8.85. The Labute approximate surface area is 175 Å². The highest BCUT2D eigenvalue weighted by atomic mass is 19.1. The van der Waals surface area contributed by atoms with Crippen LogP contribution in [0.15, 0.2) is 36.5 Å². The molecular formula is C24H28F5N. The molecule has 0 N–H and O–H groups in total. The van der Waals surface area contributed by atoms with Gasteiger partial charge >= 0.3 is 0 Å². The average molecular weight is 425 g/mol. The smallest absolute Gasteiger partial charge is 0.141 e. The van der Waals surface area contributed by atoms with Crippen molar-refractivity contribution in [2.45, 2.75) is 49.0 Å². The van der Waals surface area contributed by atoms with Crippen LogP contribution in [0.25, 0.3) is 0 Å². The van der Waals surface area contributed by atoms with Crippen molar-refractivity contribution in [2.75, 3.05) is 0 Å². The minimum atomic E-state index is -0.513. The van der Waals surface area contributed by atoms with Gasteiger partial charge in [-0.25, -0.2) is 22.0 Å². The predicted molar refractivity (Wildman–Crippen MR) is 112 cm³/mol. The molecule has 0 bridgehead atoms. The van der Waals surface area contributed by atoms with Gasteiger partial charge in [0.2, 0.25) is 0 Å². The number of pyridine rings is 1. The maximum absolute atomic E-state index is 12.6. The lowest BCUT2D eigenvalue weighted by Crippen LogP contribution is -1.88. The Morgan fingerprint density at radius 1 is 0.533 bits per heavy atom. The van der Waals surface area contributed by atoms with E-state index in [0.717, 1.165) is 23.4 Å². The molecule has 1 aromatic heterocycles. The summed E-state index contributed by atoms with van der Waals surface area (Å²) in [5.41, 5.74) is 4.12. The number of hydrogen-bond acceptors (Lipinski definition) is 1. The summed E-state index contributed by atoms with van der Waals surface area (Å²) in [5.74, 6) is -2.24. The van der Waals surface area contributed by atoms with Crippen molar-refractivity contribution < 1.29 is 22.0 Å². The molecule has 164 valence electrons. The van der Waals surface area contributed by atoms with Crippen LogP contribution in [0.1, 0.15) is 40.9 Å². The van der Waals surface area contributed by atoms with Crippen LogP contribution in [0.2, 0.25) is 0 Å². The molecule has 30 heavy (non-hydrogen) atoms. The van der Waals surface area contributed by atoms with Crippen LogP contribution in [0, 0.1) is 70.6 Å². The second-order valence-electron chi connectivity index (χ2n) is 6.71. The topological polar surface area (TPSA) is 12.9 Å². The van der Waals surface area contributed by atoms with Gasteiger partial charge in [-0.1, -0.05) is 7.43 Å². The average Bonchev–Trinajstić information content (AvgIpc) is 2.62. The van der Waals surface area contributed by atoms with Gasteiger partial charge in [0.15, 0.2) is 0 Å². The van der Waals surface area contributed by atoms with Crippen molar-refractivity contribution in [1.29, 1.82) is 0 Å². The lowest BCUT2D eigenvalue weighted by molar-refractivity contribution is 0.574. The summed E-state index contributed by atoms with van der Waals surface area (Å²) in [6.07, 6.45) is 1.22. The van der Waals surface area contributed by atoms with E-state index in [9.17, 15) is 22.0 Å². The molecule has 0 aliphatic heterocycles. The molecular weight excluding hydrogens is 397 g/mol. The van der Waals surface area contributed by atoms with Crippen LogP contribution in [0.4, 0.5) is 22.0 Å². The Hall–Kier alpha value is -2.76. The molecule has 0 spiro atoms. The molecule has 0 aliphatic carbocycles. The molecule has 0 unspecified atom stereocenters. The highest BCUT2D eigenvalue weighted by Crippen LogP contribution is 2.13. The van der Waals surface area contributed by atoms with E-state index in [1.807, 2.05) is 13.8 Å². The summed E-state index contributed by atoms with van der Waals surface area (Å²) in [7, 11) is 0. The summed E-state index contributed by atoms with van der Waals surface area (Å²) in [4.78, 5) is 3.80. The van der Waals surface area contributed by atoms with E-state index >= 15 is 0 Å². The Kier molecular flexibility index (Phi) is 10.9. The minimum absolute atomic E-state index is 0. The molecule has 0 radical (unpaired) electrons. The third-order valence-corrected chi connectivity index (χ3v) is 4.44. The highest BCUT2D eigenvalue weighted by molar-refractivity contribution is 5.27. The maximum atomic E-state index is 12.6. The highest BCUT2D eigenvalue weighted by Gasteiger charge is 2.02. The van der Waals surface area contributed by atoms with E-state index in [1.165, 1.54) is 24.4 Å². The van der Waals surface area contributed by atoms with E-state index < -0.39 is 23.3 Å². The van der Waals surface area contributed by atoms with E-state index in [0.29, 0.717) is 22.3 Å². The maximum Gasteiger partial charge on any atom is 0.141 e. The number of aromatic nitrogens is 1. The second kappa shape index (κ2) is 12.1. The third-order valence-electron chi connectivity index (χ3n) is 4.44. The zero-order chi connectivity index (χ0) is 22.3. The Morgan fingerprint density at radius 2 is 0.900 bits per heavy atom. The van der Waals surface area contributed by atoms with E-state index in [2.05, 4.69) is 4.98 Å². The van der Waals surface area contributed by atoms with Crippen molar-refractivity contribution in [3.63, 3.8) is 0 Å². The van der Waals surface area contributed by atoms with Gasteiger partial charge in [0, 0.05) is 17.8 Å². The third kappa shape index (κ3) is 8.31. The molecule has 1 nitrogen and oxygen atoms in total. The van der Waals surface area contributed by atoms with Crippen LogP contribution in [-0.4, -0.2) is 4.98 Å². The van der Waals surface area contributed by atoms with Crippen molar-refractivity contribution in [3.05, 3.63) is 99.1 Å². The van der Waals surface area contributed by atoms with Gasteiger partial charge in [0.1, 0.15) is 29.1 Å². The van der Waals surface area contributed by atoms with Gasteiger partial charge in [-0.05, 0) is 87.6 Å². The largest absolute Gasteiger partial charge is 0.258 e. The van der Waals surface area contributed by atoms with Gasteiger partial charge in [-0.15, -0.1) is 0 Å². The number of halogens is 5. The number of nitrogens with zero attached hydrogens (tertiary/aromatic N) is 1. The molecule has 0 saturated heterocycles. The number of hydrogen-bond donors (Lipinski definition) is 0. The van der Waals surface area contributed by atoms with Crippen LogP contribution < -0.4 is 0 Å². The Morgan fingerprint density at radius 3 is 1.20 bits per heavy atom. The number of benzene rings is 2. The summed E-state index contributed by atoms with van der Waals surface area (Å²) < 4.78 is 62.2. The monoisotopic (exact) mass is 425 g/mol. The first-order chi connectivity index (χ1) is 13.4. The molecule has 0 atom stereocenters. The summed E-state index contributed by atoms with van der Waals surface area (Å²) in [6, 6.07) is 5.89. The molecule has 3 rings (SSSR count). The van der Waals surface area contributed by atoms with Crippen LogP contribution >= 0.6 is 0 Å². The molecule has 2 aromatic carbocycles. The number of rotatable bonds is 0. The van der Waals surface area contributed by atoms with Crippen LogP contribution in [-0.2, 0) is 0 Å². The minimum Gasteiger partial charge on any atom is -0.258 e. The molecule has 0 amide bonds. The first-order valence-electron chi connectivity index (χ1n) is 8.85. The first kappa shape index (κ1) is 27.2. The van der Waals surface area contributed by atoms with E-state index in [1.54, 1.807) is 27.7 Å². The molecule has 0 saturated carbocycles. The van der Waals surface area contributed by atoms with Gasteiger partial charge in [-0.2, -0.15) is 0 Å². The summed E-state index contributed by atoms with van der Waals surface area (Å²) in [5, 5.41) is 0. The Bertz CT molecular complexity index is 882. The standard InChI is InChI=1S/2C8H8F2.C7H8FN.CH4/c2*1-5-3-7(9)4-8(10)6(5)2;1-5-3-7(8)4-9-6(5)2;/h2*3-4H,1-2H3;3-4H,1-2H3;1H4. The molecule has 0 fully saturated rings. The molecule has 3 aromatic rings. The van der Waals surface area contributed by atoms with Gasteiger partial charge < -0.3 is 0 Å². The Balaban J connectivity index is 0.000000414. The fraction of sp³-hybridized carbons (Fsp3) is 0.292. The van der Waals surface area contributed by atoms with Crippen LogP contribution in [0.3, 0.4) is 0 Å². The van der Waals surface area contributed by atoms with E-state index in [-0.39, 0.29) is 13.2 Å². The fourth-order valence-corrected chi connectivity index (χ4v) is 2.16. The van der Waals surface area contributed by atoms with Crippen molar-refractivity contribution >= 4 is 0 Å². The SMILES string of the molecule is C.Cc1cc(F)cc(F)c1C.Cc1cc(F)cc(F)c1C.Cc1cc(F)cnc1C. The molecule has 6 heteroatoms. The normalized spacial score (nSPS) is 9.57. The predicted octanol–water partition coefficient (Wildman–Crippen LogP) is 7.64. The second-order valence-corrected chi connectivity index (χ2v) is 6.71. The summed E-state index contributed by atoms with van der Waals surface area (Å²) in [6.45, 7) is 10.3. The molecule has 1 heterocycles. The lowest BCUT2D eigenvalue weighted by Gasteiger charge is -1.99. The van der Waals surface area contributed by atoms with Crippen molar-refractivity contribution in [2.24, 2.45) is 0 Å².